The third-order valence-electron chi connectivity index (χ3n) is 2.53. The number of amides is 1. The predicted molar refractivity (Wildman–Crippen MR) is 66.5 cm³/mol. The van der Waals surface area contributed by atoms with Crippen LogP contribution in [0.4, 0.5) is 5.69 Å². The Morgan fingerprint density at radius 1 is 1.56 bits per heavy atom. The van der Waals surface area contributed by atoms with Crippen molar-refractivity contribution in [1.82, 2.24) is 15.1 Å². The number of rotatable bonds is 6. The quantitative estimate of drug-likeness (QED) is 0.757. The molecule has 1 aliphatic rings. The van der Waals surface area contributed by atoms with Gasteiger partial charge in [-0.15, -0.1) is 0 Å². The van der Waals surface area contributed by atoms with E-state index in [2.05, 4.69) is 15.1 Å². The molecule has 0 spiro atoms. The van der Waals surface area contributed by atoms with Crippen molar-refractivity contribution in [2.75, 3.05) is 10.5 Å². The Kier molecular flexibility index (Phi) is 3.55. The summed E-state index contributed by atoms with van der Waals surface area (Å²) >= 11 is 0. The van der Waals surface area contributed by atoms with E-state index in [9.17, 15) is 13.2 Å². The molecule has 2 N–H and O–H groups in total. The maximum absolute atomic E-state index is 11.5. The lowest BCUT2D eigenvalue weighted by Gasteiger charge is -2.03. The molecule has 0 radical (unpaired) electrons. The minimum Gasteiger partial charge on any atom is -0.352 e. The first-order valence-corrected chi connectivity index (χ1v) is 7.46. The van der Waals surface area contributed by atoms with Crippen molar-refractivity contribution < 1.29 is 13.2 Å². The summed E-state index contributed by atoms with van der Waals surface area (Å²) in [5, 5.41) is 6.76. The van der Waals surface area contributed by atoms with Gasteiger partial charge in [-0.25, -0.2) is 8.42 Å². The first-order chi connectivity index (χ1) is 8.48. The summed E-state index contributed by atoms with van der Waals surface area (Å²) < 4.78 is 26.4. The molecule has 1 heterocycles. The zero-order valence-electron chi connectivity index (χ0n) is 10.1. The molecule has 1 saturated carbocycles. The summed E-state index contributed by atoms with van der Waals surface area (Å²) in [5.74, 6) is -0.106. The van der Waals surface area contributed by atoms with Crippen molar-refractivity contribution >= 4 is 21.6 Å². The van der Waals surface area contributed by atoms with E-state index in [0.717, 1.165) is 12.8 Å². The minimum absolute atomic E-state index is 0.000343. The van der Waals surface area contributed by atoms with Gasteiger partial charge in [0.05, 0.1) is 17.6 Å². The molecule has 1 aromatic heterocycles. The van der Waals surface area contributed by atoms with Gasteiger partial charge in [0.15, 0.2) is 0 Å². The Morgan fingerprint density at radius 2 is 2.28 bits per heavy atom. The fourth-order valence-electron chi connectivity index (χ4n) is 1.40. The normalized spacial score (nSPS) is 15.4. The van der Waals surface area contributed by atoms with Gasteiger partial charge in [-0.1, -0.05) is 0 Å². The van der Waals surface area contributed by atoms with Gasteiger partial charge in [-0.05, 0) is 19.8 Å². The number of anilines is 1. The molecule has 0 aliphatic heterocycles. The van der Waals surface area contributed by atoms with Crippen LogP contribution in [0.2, 0.25) is 0 Å². The molecule has 0 unspecified atom stereocenters. The Labute approximate surface area is 106 Å². The molecule has 1 amide bonds. The highest BCUT2D eigenvalue weighted by Crippen LogP contribution is 2.18. The second-order valence-electron chi connectivity index (χ2n) is 4.27. The van der Waals surface area contributed by atoms with Crippen LogP contribution in [0.3, 0.4) is 0 Å². The van der Waals surface area contributed by atoms with Crippen LogP contribution in [0, 0.1) is 0 Å². The van der Waals surface area contributed by atoms with Gasteiger partial charge in [0.2, 0.25) is 15.9 Å². The van der Waals surface area contributed by atoms with E-state index in [-0.39, 0.29) is 18.2 Å². The highest BCUT2D eigenvalue weighted by Gasteiger charge is 2.23. The van der Waals surface area contributed by atoms with E-state index < -0.39 is 10.0 Å². The van der Waals surface area contributed by atoms with Crippen molar-refractivity contribution in [1.29, 1.82) is 0 Å². The predicted octanol–water partition coefficient (Wildman–Crippen LogP) is -0.0767. The first kappa shape index (κ1) is 12.9. The lowest BCUT2D eigenvalue weighted by atomic mass is 10.5. The molecule has 0 saturated heterocycles. The number of hydrogen-bond donors (Lipinski definition) is 2. The van der Waals surface area contributed by atoms with E-state index in [0.29, 0.717) is 11.7 Å². The van der Waals surface area contributed by atoms with Crippen molar-refractivity contribution in [2.45, 2.75) is 32.4 Å². The smallest absolute Gasteiger partial charge is 0.241 e. The zero-order chi connectivity index (χ0) is 13.2. The summed E-state index contributed by atoms with van der Waals surface area (Å²) in [6, 6.07) is 0.311. The summed E-state index contributed by atoms with van der Waals surface area (Å²) in [6.45, 7) is 1.65. The fraction of sp³-hybridized carbons (Fsp3) is 0.600. The summed E-state index contributed by atoms with van der Waals surface area (Å²) in [5.41, 5.74) is 0.371. The molecule has 1 aromatic rings. The Hall–Kier alpha value is -1.57. The van der Waals surface area contributed by atoms with Crippen LogP contribution >= 0.6 is 0 Å². The third kappa shape index (κ3) is 3.73. The first-order valence-electron chi connectivity index (χ1n) is 5.81. The SMILES string of the molecule is CCS(=O)(=O)Nc1cnn(CC(=O)NC2CC2)c1. The summed E-state index contributed by atoms with van der Waals surface area (Å²) in [4.78, 5) is 11.5. The van der Waals surface area contributed by atoms with E-state index in [1.807, 2.05) is 0 Å². The molecule has 7 nitrogen and oxygen atoms in total. The van der Waals surface area contributed by atoms with E-state index in [1.165, 1.54) is 17.1 Å². The highest BCUT2D eigenvalue weighted by atomic mass is 32.2. The van der Waals surface area contributed by atoms with Gasteiger partial charge < -0.3 is 5.32 Å². The Morgan fingerprint density at radius 3 is 2.89 bits per heavy atom. The van der Waals surface area contributed by atoms with Crippen LogP contribution in [0.1, 0.15) is 19.8 Å². The number of carbonyl (C=O) groups is 1. The minimum atomic E-state index is -3.30. The van der Waals surface area contributed by atoms with Gasteiger partial charge in [0.1, 0.15) is 6.54 Å². The van der Waals surface area contributed by atoms with E-state index in [4.69, 9.17) is 0 Å². The number of aromatic nitrogens is 2. The van der Waals surface area contributed by atoms with Crippen molar-refractivity contribution in [3.63, 3.8) is 0 Å². The van der Waals surface area contributed by atoms with Gasteiger partial charge in [-0.3, -0.25) is 14.2 Å². The number of nitrogens with one attached hydrogen (secondary N) is 2. The fourth-order valence-corrected chi connectivity index (χ4v) is 2.01. The highest BCUT2D eigenvalue weighted by molar-refractivity contribution is 7.92. The van der Waals surface area contributed by atoms with Crippen LogP contribution in [0.25, 0.3) is 0 Å². The summed E-state index contributed by atoms with van der Waals surface area (Å²) in [7, 11) is -3.30. The average molecular weight is 272 g/mol. The second kappa shape index (κ2) is 4.97. The van der Waals surface area contributed by atoms with Crippen LogP contribution in [-0.4, -0.2) is 35.9 Å². The molecule has 1 fully saturated rings. The van der Waals surface area contributed by atoms with E-state index >= 15 is 0 Å². The van der Waals surface area contributed by atoms with Crippen LogP contribution < -0.4 is 10.0 Å². The number of sulfonamides is 1. The van der Waals surface area contributed by atoms with Crippen molar-refractivity contribution in [2.24, 2.45) is 0 Å². The molecular weight excluding hydrogens is 256 g/mol. The molecule has 2 rings (SSSR count). The average Bonchev–Trinajstić information content (AvgIpc) is 2.99. The van der Waals surface area contributed by atoms with Gasteiger partial charge in [-0.2, -0.15) is 5.10 Å². The molecule has 0 bridgehead atoms. The van der Waals surface area contributed by atoms with Crippen LogP contribution in [0.15, 0.2) is 12.4 Å². The third-order valence-corrected chi connectivity index (χ3v) is 3.84. The molecule has 18 heavy (non-hydrogen) atoms. The van der Waals surface area contributed by atoms with Crippen molar-refractivity contribution in [3.05, 3.63) is 12.4 Å². The van der Waals surface area contributed by atoms with Crippen molar-refractivity contribution in [3.8, 4) is 0 Å². The van der Waals surface area contributed by atoms with Gasteiger partial charge >= 0.3 is 0 Å². The van der Waals surface area contributed by atoms with Crippen LogP contribution in [-0.2, 0) is 21.4 Å². The zero-order valence-corrected chi connectivity index (χ0v) is 10.9. The largest absolute Gasteiger partial charge is 0.352 e. The second-order valence-corrected chi connectivity index (χ2v) is 6.28. The maximum Gasteiger partial charge on any atom is 0.241 e. The summed E-state index contributed by atoms with van der Waals surface area (Å²) in [6.07, 6.45) is 4.95. The van der Waals surface area contributed by atoms with E-state index in [1.54, 1.807) is 6.92 Å². The Bertz CT molecular complexity index is 533. The monoisotopic (exact) mass is 272 g/mol. The molecule has 0 aromatic carbocycles. The molecule has 0 atom stereocenters. The lowest BCUT2D eigenvalue weighted by molar-refractivity contribution is -0.122. The van der Waals surface area contributed by atoms with Gasteiger partial charge in [0, 0.05) is 12.2 Å². The molecule has 100 valence electrons. The standard InChI is InChI=1S/C10H16N4O3S/c1-2-18(16,17)13-9-5-11-14(6-9)7-10(15)12-8-3-4-8/h5-6,8,13H,2-4,7H2,1H3,(H,12,15). The molecule has 8 heteroatoms. The van der Waals surface area contributed by atoms with Gasteiger partial charge in [0.25, 0.3) is 0 Å². The lowest BCUT2D eigenvalue weighted by Crippen LogP contribution is -2.29. The molecular formula is C10H16N4O3S. The number of hydrogen-bond acceptors (Lipinski definition) is 4. The number of carbonyl (C=O) groups excluding carboxylic acids is 1. The molecule has 1 aliphatic carbocycles. The Balaban J connectivity index is 1.91. The maximum atomic E-state index is 11.5. The topological polar surface area (TPSA) is 93.1 Å². The van der Waals surface area contributed by atoms with Crippen LogP contribution in [0.5, 0.6) is 0 Å². The number of nitrogens with zero attached hydrogens (tertiary/aromatic N) is 2.